The van der Waals surface area contributed by atoms with Crippen molar-refractivity contribution >= 4 is 34.2 Å². The zero-order valence-electron chi connectivity index (χ0n) is 10.6. The van der Waals surface area contributed by atoms with E-state index in [9.17, 15) is 4.79 Å². The Morgan fingerprint density at radius 3 is 2.80 bits per heavy atom. The number of hydrogen-bond donors (Lipinski definition) is 0. The highest BCUT2D eigenvalue weighted by molar-refractivity contribution is 6.40. The lowest BCUT2D eigenvalue weighted by Crippen LogP contribution is -2.05. The number of benzene rings is 1. The normalized spacial score (nSPS) is 11.2. The molecule has 2 aromatic heterocycles. The Labute approximate surface area is 124 Å². The second-order valence-electron chi connectivity index (χ2n) is 4.54. The molecule has 0 amide bonds. The van der Waals surface area contributed by atoms with Crippen LogP contribution in [0.3, 0.4) is 0 Å². The summed E-state index contributed by atoms with van der Waals surface area (Å²) in [5, 5.41) is 1.46. The topological polar surface area (TPSA) is 48.0 Å². The second kappa shape index (κ2) is 4.96. The molecule has 102 valence electrons. The van der Waals surface area contributed by atoms with E-state index < -0.39 is 0 Å². The van der Waals surface area contributed by atoms with Crippen molar-refractivity contribution < 1.29 is 4.42 Å². The summed E-state index contributed by atoms with van der Waals surface area (Å²) in [6, 6.07) is 7.19. The van der Waals surface area contributed by atoms with E-state index in [1.807, 2.05) is 25.1 Å². The first-order valence-electron chi connectivity index (χ1n) is 5.94. The molecule has 0 aliphatic rings. The van der Waals surface area contributed by atoms with E-state index in [4.69, 9.17) is 27.6 Å². The van der Waals surface area contributed by atoms with Gasteiger partial charge in [0.15, 0.2) is 5.15 Å². The van der Waals surface area contributed by atoms with Crippen molar-refractivity contribution in [1.29, 1.82) is 0 Å². The summed E-state index contributed by atoms with van der Waals surface area (Å²) < 4.78 is 6.90. The fraction of sp³-hybridized carbons (Fsp3) is 0.143. The summed E-state index contributed by atoms with van der Waals surface area (Å²) in [4.78, 5) is 15.6. The van der Waals surface area contributed by atoms with E-state index in [1.54, 1.807) is 10.9 Å². The van der Waals surface area contributed by atoms with Crippen LogP contribution in [0.25, 0.3) is 11.0 Å². The van der Waals surface area contributed by atoms with E-state index in [0.717, 1.165) is 16.5 Å². The monoisotopic (exact) mass is 308 g/mol. The number of fused-ring (bicyclic) bond motifs is 1. The molecule has 3 rings (SSSR count). The minimum Gasteiger partial charge on any atom is -0.423 e. The summed E-state index contributed by atoms with van der Waals surface area (Å²) >= 11 is 11.9. The van der Waals surface area contributed by atoms with Crippen LogP contribution in [0.2, 0.25) is 10.3 Å². The van der Waals surface area contributed by atoms with Gasteiger partial charge in [0.2, 0.25) is 0 Å². The van der Waals surface area contributed by atoms with Crippen LogP contribution < -0.4 is 5.63 Å². The standard InChI is InChI=1S/C14H10Cl2N2O2/c1-8-2-3-10-9(5-12(19)20-11(10)4-8)6-18-7-17-13(15)14(18)16/h2-5,7H,6H2,1H3. The highest BCUT2D eigenvalue weighted by Gasteiger charge is 2.10. The molecule has 20 heavy (non-hydrogen) atoms. The molecule has 0 saturated heterocycles. The van der Waals surface area contributed by atoms with Gasteiger partial charge in [0, 0.05) is 11.5 Å². The van der Waals surface area contributed by atoms with Gasteiger partial charge in [-0.2, -0.15) is 0 Å². The maximum absolute atomic E-state index is 11.6. The second-order valence-corrected chi connectivity index (χ2v) is 5.26. The number of rotatable bonds is 2. The van der Waals surface area contributed by atoms with Crippen LogP contribution in [-0.2, 0) is 6.54 Å². The molecule has 0 atom stereocenters. The lowest BCUT2D eigenvalue weighted by atomic mass is 10.1. The van der Waals surface area contributed by atoms with Gasteiger partial charge in [-0.25, -0.2) is 9.78 Å². The van der Waals surface area contributed by atoms with Crippen LogP contribution >= 0.6 is 23.2 Å². The molecule has 0 saturated carbocycles. The van der Waals surface area contributed by atoms with Gasteiger partial charge in [-0.1, -0.05) is 35.3 Å². The molecule has 0 aliphatic carbocycles. The zero-order valence-corrected chi connectivity index (χ0v) is 12.1. The predicted octanol–water partition coefficient (Wildman–Crippen LogP) is 3.65. The molecule has 0 radical (unpaired) electrons. The van der Waals surface area contributed by atoms with Crippen LogP contribution in [0.5, 0.6) is 0 Å². The van der Waals surface area contributed by atoms with Crippen molar-refractivity contribution in [1.82, 2.24) is 9.55 Å². The Bertz CT molecular complexity index is 852. The fourth-order valence-electron chi connectivity index (χ4n) is 2.10. The molecule has 0 unspecified atom stereocenters. The van der Waals surface area contributed by atoms with Crippen LogP contribution in [-0.4, -0.2) is 9.55 Å². The van der Waals surface area contributed by atoms with E-state index in [2.05, 4.69) is 4.98 Å². The molecule has 0 spiro atoms. The molecule has 0 fully saturated rings. The number of nitrogens with zero attached hydrogens (tertiary/aromatic N) is 2. The quantitative estimate of drug-likeness (QED) is 0.679. The third-order valence-electron chi connectivity index (χ3n) is 3.06. The van der Waals surface area contributed by atoms with Crippen LogP contribution in [0.4, 0.5) is 0 Å². The molecule has 0 aliphatic heterocycles. The van der Waals surface area contributed by atoms with Gasteiger partial charge in [-0.15, -0.1) is 0 Å². The fourth-order valence-corrected chi connectivity index (χ4v) is 2.41. The Balaban J connectivity index is 2.16. The van der Waals surface area contributed by atoms with Crippen LogP contribution in [0.15, 0.2) is 39.8 Å². The molecular formula is C14H10Cl2N2O2. The summed E-state index contributed by atoms with van der Waals surface area (Å²) in [6.45, 7) is 2.35. The Hall–Kier alpha value is -1.78. The molecule has 3 aromatic rings. The zero-order chi connectivity index (χ0) is 14.3. The highest BCUT2D eigenvalue weighted by Crippen LogP contribution is 2.23. The van der Waals surface area contributed by atoms with Gasteiger partial charge in [0.05, 0.1) is 12.9 Å². The van der Waals surface area contributed by atoms with Gasteiger partial charge in [-0.05, 0) is 24.1 Å². The summed E-state index contributed by atoms with van der Waals surface area (Å²) in [5.74, 6) is 0. The minimum atomic E-state index is -0.388. The van der Waals surface area contributed by atoms with Gasteiger partial charge >= 0.3 is 5.63 Å². The lowest BCUT2D eigenvalue weighted by molar-refractivity contribution is 0.557. The number of halogens is 2. The predicted molar refractivity (Wildman–Crippen MR) is 78.6 cm³/mol. The number of imidazole rings is 1. The number of aryl methyl sites for hydroxylation is 1. The number of aromatic nitrogens is 2. The van der Waals surface area contributed by atoms with Crippen LogP contribution in [0.1, 0.15) is 11.1 Å². The van der Waals surface area contributed by atoms with Crippen molar-refractivity contribution in [2.24, 2.45) is 0 Å². The van der Waals surface area contributed by atoms with Gasteiger partial charge in [0.1, 0.15) is 10.7 Å². The first kappa shape index (κ1) is 13.2. The molecule has 2 heterocycles. The minimum absolute atomic E-state index is 0.245. The summed E-state index contributed by atoms with van der Waals surface area (Å²) in [7, 11) is 0. The molecule has 0 N–H and O–H groups in total. The first-order valence-corrected chi connectivity index (χ1v) is 6.70. The summed E-state index contributed by atoms with van der Waals surface area (Å²) in [5.41, 5.74) is 2.02. The SMILES string of the molecule is Cc1ccc2c(Cn3cnc(Cl)c3Cl)cc(=O)oc2c1. The smallest absolute Gasteiger partial charge is 0.336 e. The number of hydrogen-bond acceptors (Lipinski definition) is 3. The van der Waals surface area contributed by atoms with Crippen molar-refractivity contribution in [3.05, 3.63) is 62.4 Å². The van der Waals surface area contributed by atoms with Crippen molar-refractivity contribution in [3.63, 3.8) is 0 Å². The molecule has 0 bridgehead atoms. The lowest BCUT2D eigenvalue weighted by Gasteiger charge is -2.07. The van der Waals surface area contributed by atoms with Crippen molar-refractivity contribution in [2.75, 3.05) is 0 Å². The third kappa shape index (κ3) is 2.32. The highest BCUT2D eigenvalue weighted by atomic mass is 35.5. The average Bonchev–Trinajstić information content (AvgIpc) is 2.70. The van der Waals surface area contributed by atoms with Crippen molar-refractivity contribution in [3.8, 4) is 0 Å². The average molecular weight is 309 g/mol. The molecular weight excluding hydrogens is 299 g/mol. The summed E-state index contributed by atoms with van der Waals surface area (Å²) in [6.07, 6.45) is 1.54. The largest absolute Gasteiger partial charge is 0.423 e. The first-order chi connectivity index (χ1) is 9.54. The van der Waals surface area contributed by atoms with Crippen molar-refractivity contribution in [2.45, 2.75) is 13.5 Å². The van der Waals surface area contributed by atoms with Gasteiger partial charge < -0.3 is 8.98 Å². The van der Waals surface area contributed by atoms with Gasteiger partial charge in [-0.3, -0.25) is 0 Å². The van der Waals surface area contributed by atoms with Gasteiger partial charge in [0.25, 0.3) is 0 Å². The molecule has 1 aromatic carbocycles. The van der Waals surface area contributed by atoms with E-state index >= 15 is 0 Å². The van der Waals surface area contributed by atoms with E-state index in [-0.39, 0.29) is 10.8 Å². The van der Waals surface area contributed by atoms with Crippen LogP contribution in [0, 0.1) is 6.92 Å². The Morgan fingerprint density at radius 1 is 1.30 bits per heavy atom. The Kier molecular flexibility index (Phi) is 3.28. The van der Waals surface area contributed by atoms with E-state index in [1.165, 1.54) is 6.07 Å². The maximum Gasteiger partial charge on any atom is 0.336 e. The third-order valence-corrected chi connectivity index (χ3v) is 3.83. The molecule has 4 nitrogen and oxygen atoms in total. The maximum atomic E-state index is 11.6. The molecule has 6 heteroatoms. The Morgan fingerprint density at radius 2 is 2.10 bits per heavy atom. The van der Waals surface area contributed by atoms with E-state index in [0.29, 0.717) is 17.3 Å².